The standard InChI is InChI=1S/C25H31NO3/c1-3-18-28-25(19-10-6-4-7-11-19,20-12-8-5-9-13-20)24(27)29-23-17-15-21-14-16-22(23)26(21)2/h4-13,21-23H,3,14-18H2,1-2H3/t21?,22-,23?/m1/s1. The third-order valence-corrected chi connectivity index (χ3v) is 6.54. The number of fused-ring (bicyclic) bond motifs is 2. The Hall–Kier alpha value is -2.17. The van der Waals surface area contributed by atoms with Crippen molar-refractivity contribution in [2.45, 2.75) is 62.8 Å². The Morgan fingerprint density at radius 3 is 2.14 bits per heavy atom. The summed E-state index contributed by atoms with van der Waals surface area (Å²) in [5.41, 5.74) is 0.392. The van der Waals surface area contributed by atoms with Gasteiger partial charge in [-0.3, -0.25) is 4.90 Å². The zero-order valence-corrected chi connectivity index (χ0v) is 17.4. The highest BCUT2D eigenvalue weighted by molar-refractivity contribution is 5.86. The Bertz CT molecular complexity index is 768. The Balaban J connectivity index is 1.72. The highest BCUT2D eigenvalue weighted by Crippen LogP contribution is 2.40. The fraction of sp³-hybridized carbons (Fsp3) is 0.480. The lowest BCUT2D eigenvalue weighted by atomic mass is 9.85. The highest BCUT2D eigenvalue weighted by Gasteiger charge is 2.48. The number of hydrogen-bond acceptors (Lipinski definition) is 4. The molecule has 2 aliphatic rings. The van der Waals surface area contributed by atoms with Gasteiger partial charge in [0.05, 0.1) is 0 Å². The zero-order chi connectivity index (χ0) is 20.3. The van der Waals surface area contributed by atoms with Crippen LogP contribution in [0.25, 0.3) is 0 Å². The first-order valence-electron chi connectivity index (χ1n) is 10.8. The second-order valence-electron chi connectivity index (χ2n) is 8.25. The maximum absolute atomic E-state index is 13.9. The molecule has 29 heavy (non-hydrogen) atoms. The summed E-state index contributed by atoms with van der Waals surface area (Å²) in [5, 5.41) is 0. The summed E-state index contributed by atoms with van der Waals surface area (Å²) < 4.78 is 12.6. The SMILES string of the molecule is CCCOC(C(=O)OC1CCC2CC[C@H]1N2C)(c1ccccc1)c1ccccc1. The summed E-state index contributed by atoms with van der Waals surface area (Å²) in [6.45, 7) is 2.54. The molecule has 0 aromatic heterocycles. The van der Waals surface area contributed by atoms with Gasteiger partial charge in [-0.2, -0.15) is 0 Å². The van der Waals surface area contributed by atoms with E-state index in [9.17, 15) is 4.79 Å². The van der Waals surface area contributed by atoms with Gasteiger partial charge in [-0.15, -0.1) is 0 Å². The van der Waals surface area contributed by atoms with E-state index < -0.39 is 5.60 Å². The summed E-state index contributed by atoms with van der Waals surface area (Å²) in [7, 11) is 2.16. The lowest BCUT2D eigenvalue weighted by molar-refractivity contribution is -0.179. The molecular formula is C25H31NO3. The van der Waals surface area contributed by atoms with Gasteiger partial charge in [-0.25, -0.2) is 4.79 Å². The lowest BCUT2D eigenvalue weighted by Gasteiger charge is -2.39. The molecule has 2 aliphatic heterocycles. The summed E-state index contributed by atoms with van der Waals surface area (Å²) in [5.74, 6) is -0.299. The van der Waals surface area contributed by atoms with Gasteiger partial charge in [-0.05, 0) is 50.3 Å². The average Bonchev–Trinajstić information content (AvgIpc) is 2.99. The molecule has 0 saturated carbocycles. The Morgan fingerprint density at radius 1 is 0.966 bits per heavy atom. The number of esters is 1. The lowest BCUT2D eigenvalue weighted by Crippen LogP contribution is -2.50. The quantitative estimate of drug-likeness (QED) is 0.648. The van der Waals surface area contributed by atoms with Crippen LogP contribution in [0.2, 0.25) is 0 Å². The molecular weight excluding hydrogens is 362 g/mol. The number of rotatable bonds is 7. The second-order valence-corrected chi connectivity index (χ2v) is 8.25. The number of likely N-dealkylation sites (N-methyl/N-ethyl adjacent to an activating group) is 1. The van der Waals surface area contributed by atoms with Crippen LogP contribution in [-0.2, 0) is 19.9 Å². The molecule has 0 spiro atoms. The molecule has 3 atom stereocenters. The topological polar surface area (TPSA) is 38.8 Å². The third kappa shape index (κ3) is 3.72. The molecule has 2 aromatic rings. The van der Waals surface area contributed by atoms with Gasteiger partial charge in [0.1, 0.15) is 6.10 Å². The largest absolute Gasteiger partial charge is 0.458 e. The predicted octanol–water partition coefficient (Wildman–Crippen LogP) is 4.53. The minimum Gasteiger partial charge on any atom is -0.458 e. The van der Waals surface area contributed by atoms with Crippen molar-refractivity contribution in [3.63, 3.8) is 0 Å². The van der Waals surface area contributed by atoms with E-state index in [-0.39, 0.29) is 12.1 Å². The molecule has 4 nitrogen and oxygen atoms in total. The molecule has 0 amide bonds. The summed E-state index contributed by atoms with van der Waals surface area (Å²) in [4.78, 5) is 16.3. The van der Waals surface area contributed by atoms with E-state index in [0.717, 1.165) is 36.8 Å². The van der Waals surface area contributed by atoms with Crippen molar-refractivity contribution < 1.29 is 14.3 Å². The molecule has 154 valence electrons. The maximum Gasteiger partial charge on any atom is 0.348 e. The Kier molecular flexibility index (Phi) is 6.02. The molecule has 4 heteroatoms. The molecule has 0 radical (unpaired) electrons. The van der Waals surface area contributed by atoms with E-state index in [4.69, 9.17) is 9.47 Å². The van der Waals surface area contributed by atoms with E-state index in [1.165, 1.54) is 6.42 Å². The van der Waals surface area contributed by atoms with Crippen molar-refractivity contribution in [1.29, 1.82) is 0 Å². The third-order valence-electron chi connectivity index (χ3n) is 6.54. The monoisotopic (exact) mass is 393 g/mol. The van der Waals surface area contributed by atoms with Crippen LogP contribution in [0.1, 0.15) is 50.2 Å². The van der Waals surface area contributed by atoms with Crippen molar-refractivity contribution in [1.82, 2.24) is 4.90 Å². The molecule has 2 fully saturated rings. The van der Waals surface area contributed by atoms with Crippen molar-refractivity contribution in [2.75, 3.05) is 13.7 Å². The Morgan fingerprint density at radius 2 is 1.55 bits per heavy atom. The minimum atomic E-state index is -1.24. The van der Waals surface area contributed by atoms with Crippen LogP contribution < -0.4 is 0 Å². The molecule has 4 rings (SSSR count). The number of hydrogen-bond donors (Lipinski definition) is 0. The molecule has 2 aromatic carbocycles. The van der Waals surface area contributed by atoms with Crippen molar-refractivity contribution in [3.8, 4) is 0 Å². The molecule has 2 unspecified atom stereocenters. The number of ether oxygens (including phenoxy) is 2. The van der Waals surface area contributed by atoms with E-state index in [0.29, 0.717) is 18.7 Å². The van der Waals surface area contributed by atoms with Crippen LogP contribution in [-0.4, -0.2) is 42.7 Å². The Labute approximate surface area is 173 Å². The van der Waals surface area contributed by atoms with Gasteiger partial charge in [0.25, 0.3) is 0 Å². The number of nitrogens with zero attached hydrogens (tertiary/aromatic N) is 1. The number of carbonyl (C=O) groups is 1. The van der Waals surface area contributed by atoms with Gasteiger partial charge >= 0.3 is 5.97 Å². The van der Waals surface area contributed by atoms with E-state index in [2.05, 4.69) is 18.9 Å². The zero-order valence-electron chi connectivity index (χ0n) is 17.4. The second kappa shape index (κ2) is 8.68. The van der Waals surface area contributed by atoms with Gasteiger partial charge in [0, 0.05) is 18.7 Å². The summed E-state index contributed by atoms with van der Waals surface area (Å²) in [6, 6.07) is 20.5. The van der Waals surface area contributed by atoms with E-state index in [1.807, 2.05) is 60.7 Å². The highest BCUT2D eigenvalue weighted by atomic mass is 16.6. The molecule has 0 N–H and O–H groups in total. The maximum atomic E-state index is 13.9. The van der Waals surface area contributed by atoms with Gasteiger partial charge < -0.3 is 9.47 Å². The van der Waals surface area contributed by atoms with E-state index >= 15 is 0 Å². The van der Waals surface area contributed by atoms with Gasteiger partial charge in [0.2, 0.25) is 5.60 Å². The van der Waals surface area contributed by atoms with E-state index in [1.54, 1.807) is 0 Å². The smallest absolute Gasteiger partial charge is 0.348 e. The predicted molar refractivity (Wildman–Crippen MR) is 114 cm³/mol. The van der Waals surface area contributed by atoms with Crippen LogP contribution in [0.3, 0.4) is 0 Å². The summed E-state index contributed by atoms with van der Waals surface area (Å²) >= 11 is 0. The molecule has 2 bridgehead atoms. The van der Waals surface area contributed by atoms with Crippen molar-refractivity contribution in [2.24, 2.45) is 0 Å². The normalized spacial score (nSPS) is 24.4. The number of piperidine rings is 1. The minimum absolute atomic E-state index is 0.0803. The number of carbonyl (C=O) groups excluding carboxylic acids is 1. The first-order chi connectivity index (χ1) is 14.2. The molecule has 2 saturated heterocycles. The fourth-order valence-corrected chi connectivity index (χ4v) is 4.97. The summed E-state index contributed by atoms with van der Waals surface area (Å²) in [6.07, 6.45) is 5.06. The molecule has 0 aliphatic carbocycles. The van der Waals surface area contributed by atoms with Crippen LogP contribution in [0.5, 0.6) is 0 Å². The van der Waals surface area contributed by atoms with Crippen LogP contribution in [0.15, 0.2) is 60.7 Å². The average molecular weight is 394 g/mol. The van der Waals surface area contributed by atoms with Crippen molar-refractivity contribution >= 4 is 5.97 Å². The van der Waals surface area contributed by atoms with Crippen LogP contribution in [0, 0.1) is 0 Å². The van der Waals surface area contributed by atoms with Gasteiger partial charge in [0.15, 0.2) is 0 Å². The number of benzene rings is 2. The fourth-order valence-electron chi connectivity index (χ4n) is 4.97. The van der Waals surface area contributed by atoms with Crippen LogP contribution >= 0.6 is 0 Å². The van der Waals surface area contributed by atoms with Gasteiger partial charge in [-0.1, -0.05) is 67.6 Å². The first-order valence-corrected chi connectivity index (χ1v) is 10.8. The first kappa shape index (κ1) is 20.1. The van der Waals surface area contributed by atoms with Crippen molar-refractivity contribution in [3.05, 3.63) is 71.8 Å². The van der Waals surface area contributed by atoms with Crippen LogP contribution in [0.4, 0.5) is 0 Å². The molecule has 2 heterocycles.